The van der Waals surface area contributed by atoms with Gasteiger partial charge in [-0.05, 0) is 19.1 Å². The predicted octanol–water partition coefficient (Wildman–Crippen LogP) is 3.25. The van der Waals surface area contributed by atoms with Crippen LogP contribution < -0.4 is 5.32 Å². The van der Waals surface area contributed by atoms with Crippen LogP contribution in [0.5, 0.6) is 0 Å². The van der Waals surface area contributed by atoms with Crippen LogP contribution in [-0.2, 0) is 4.79 Å². The quantitative estimate of drug-likeness (QED) is 0.861. The number of amides is 1. The highest BCUT2D eigenvalue weighted by atomic mass is 32.2. The number of nitrogens with zero attached hydrogens (tertiary/aromatic N) is 2. The zero-order valence-corrected chi connectivity index (χ0v) is 12.2. The van der Waals surface area contributed by atoms with Crippen molar-refractivity contribution in [3.05, 3.63) is 34.8 Å². The summed E-state index contributed by atoms with van der Waals surface area (Å²) < 4.78 is 26.5. The van der Waals surface area contributed by atoms with Gasteiger partial charge in [0.15, 0.2) is 16.0 Å². The molecule has 2 rings (SSSR count). The number of halogens is 2. The highest BCUT2D eigenvalue weighted by Gasteiger charge is 2.07. The van der Waals surface area contributed by atoms with E-state index in [2.05, 4.69) is 15.5 Å². The van der Waals surface area contributed by atoms with Crippen molar-refractivity contribution in [1.82, 2.24) is 10.2 Å². The Morgan fingerprint density at radius 1 is 1.35 bits per heavy atom. The molecule has 1 aromatic carbocycles. The Hall–Kier alpha value is -1.54. The average molecular weight is 315 g/mol. The molecule has 0 bridgehead atoms. The van der Waals surface area contributed by atoms with Gasteiger partial charge < -0.3 is 5.32 Å². The molecule has 20 heavy (non-hydrogen) atoms. The molecule has 8 heteroatoms. The Bertz CT molecular complexity index is 618. The number of carbonyl (C=O) groups excluding carboxylic acids is 1. The van der Waals surface area contributed by atoms with Crippen LogP contribution in [0.1, 0.15) is 11.4 Å². The van der Waals surface area contributed by atoms with E-state index in [-0.39, 0.29) is 18.0 Å². The van der Waals surface area contributed by atoms with E-state index in [4.69, 9.17) is 0 Å². The third-order valence-corrected chi connectivity index (χ3v) is 4.24. The summed E-state index contributed by atoms with van der Waals surface area (Å²) in [5.74, 6) is -1.64. The first-order chi connectivity index (χ1) is 9.54. The molecule has 4 nitrogen and oxygen atoms in total. The maximum Gasteiger partial charge on any atom is 0.225 e. The van der Waals surface area contributed by atoms with Gasteiger partial charge in [-0.25, -0.2) is 8.78 Å². The molecule has 0 atom stereocenters. The standard InChI is InChI=1S/C12H11F2N3OS2/c1-7-16-17-12(20-7)19-5-4-11(18)15-8-2-3-9(13)10(14)6-8/h2-3,6H,4-5H2,1H3,(H,15,18). The molecule has 1 aromatic heterocycles. The van der Waals surface area contributed by atoms with Gasteiger partial charge in [-0.2, -0.15) is 0 Å². The number of aryl methyl sites for hydroxylation is 1. The number of nitrogens with one attached hydrogen (secondary N) is 1. The van der Waals surface area contributed by atoms with E-state index in [1.807, 2.05) is 6.92 Å². The van der Waals surface area contributed by atoms with Crippen LogP contribution in [0.4, 0.5) is 14.5 Å². The molecule has 0 fully saturated rings. The van der Waals surface area contributed by atoms with Crippen LogP contribution in [0.15, 0.2) is 22.5 Å². The van der Waals surface area contributed by atoms with Crippen molar-refractivity contribution in [3.63, 3.8) is 0 Å². The van der Waals surface area contributed by atoms with E-state index in [1.54, 1.807) is 0 Å². The number of rotatable bonds is 5. The Kier molecular flexibility index (Phi) is 5.02. The van der Waals surface area contributed by atoms with Crippen LogP contribution in [0, 0.1) is 18.6 Å². The van der Waals surface area contributed by atoms with Gasteiger partial charge in [-0.1, -0.05) is 23.1 Å². The second-order valence-corrected chi connectivity index (χ2v) is 6.39. The topological polar surface area (TPSA) is 54.9 Å². The van der Waals surface area contributed by atoms with Crippen molar-refractivity contribution in [2.75, 3.05) is 11.1 Å². The first-order valence-electron chi connectivity index (χ1n) is 5.72. The lowest BCUT2D eigenvalue weighted by Gasteiger charge is -2.04. The van der Waals surface area contributed by atoms with Crippen LogP contribution in [0.2, 0.25) is 0 Å². The highest BCUT2D eigenvalue weighted by Crippen LogP contribution is 2.22. The molecule has 1 amide bonds. The third-order valence-electron chi connectivity index (χ3n) is 2.27. The van der Waals surface area contributed by atoms with Gasteiger partial charge in [0.1, 0.15) is 5.01 Å². The fourth-order valence-electron chi connectivity index (χ4n) is 1.37. The summed E-state index contributed by atoms with van der Waals surface area (Å²) >= 11 is 2.90. The Balaban J connectivity index is 1.79. The highest BCUT2D eigenvalue weighted by molar-refractivity contribution is 8.01. The largest absolute Gasteiger partial charge is 0.326 e. The SMILES string of the molecule is Cc1nnc(SCCC(=O)Nc2ccc(F)c(F)c2)s1. The van der Waals surface area contributed by atoms with Crippen molar-refractivity contribution >= 4 is 34.7 Å². The van der Waals surface area contributed by atoms with Crippen LogP contribution >= 0.6 is 23.1 Å². The molecular formula is C12H11F2N3OS2. The van der Waals surface area contributed by atoms with Gasteiger partial charge >= 0.3 is 0 Å². The molecule has 0 aliphatic rings. The number of aromatic nitrogens is 2. The van der Waals surface area contributed by atoms with Gasteiger partial charge in [0.05, 0.1) is 0 Å². The zero-order valence-electron chi connectivity index (χ0n) is 10.5. The van der Waals surface area contributed by atoms with Gasteiger partial charge in [-0.15, -0.1) is 10.2 Å². The minimum atomic E-state index is -0.985. The number of carbonyl (C=O) groups is 1. The summed E-state index contributed by atoms with van der Waals surface area (Å²) in [5, 5.41) is 11.2. The Morgan fingerprint density at radius 3 is 2.80 bits per heavy atom. The summed E-state index contributed by atoms with van der Waals surface area (Å²) in [6, 6.07) is 3.25. The number of benzene rings is 1. The Labute approximate surface area is 122 Å². The van der Waals surface area contributed by atoms with Gasteiger partial charge in [0, 0.05) is 23.9 Å². The molecular weight excluding hydrogens is 304 g/mol. The average Bonchev–Trinajstić information content (AvgIpc) is 2.80. The first-order valence-corrected chi connectivity index (χ1v) is 7.52. The maximum absolute atomic E-state index is 13.0. The summed E-state index contributed by atoms with van der Waals surface area (Å²) in [5.41, 5.74) is 0.241. The number of anilines is 1. The van der Waals surface area contributed by atoms with Crippen molar-refractivity contribution in [1.29, 1.82) is 0 Å². The first kappa shape index (κ1) is 14.9. The fraction of sp³-hybridized carbons (Fsp3) is 0.250. The molecule has 0 unspecified atom stereocenters. The van der Waals surface area contributed by atoms with E-state index in [0.29, 0.717) is 5.75 Å². The molecule has 0 saturated carbocycles. The second-order valence-electron chi connectivity index (χ2n) is 3.86. The molecule has 1 heterocycles. The molecule has 0 aliphatic heterocycles. The van der Waals surface area contributed by atoms with Gasteiger partial charge in [0.25, 0.3) is 0 Å². The summed E-state index contributed by atoms with van der Waals surface area (Å²) in [4.78, 5) is 11.6. The van der Waals surface area contributed by atoms with Crippen molar-refractivity contribution < 1.29 is 13.6 Å². The smallest absolute Gasteiger partial charge is 0.225 e. The normalized spacial score (nSPS) is 10.6. The fourth-order valence-corrected chi connectivity index (χ4v) is 3.19. The van der Waals surface area contributed by atoms with E-state index < -0.39 is 11.6 Å². The van der Waals surface area contributed by atoms with Gasteiger partial charge in [0.2, 0.25) is 5.91 Å². The molecule has 1 N–H and O–H groups in total. The third kappa shape index (κ3) is 4.24. The van der Waals surface area contributed by atoms with E-state index in [1.165, 1.54) is 29.2 Å². The van der Waals surface area contributed by atoms with Crippen LogP contribution in [0.3, 0.4) is 0 Å². The minimum Gasteiger partial charge on any atom is -0.326 e. The molecule has 0 radical (unpaired) electrons. The maximum atomic E-state index is 13.0. The second kappa shape index (κ2) is 6.76. The van der Waals surface area contributed by atoms with Crippen molar-refractivity contribution in [2.45, 2.75) is 17.7 Å². The lowest BCUT2D eigenvalue weighted by Crippen LogP contribution is -2.12. The van der Waals surface area contributed by atoms with E-state index in [0.717, 1.165) is 21.5 Å². The molecule has 0 spiro atoms. The molecule has 0 aliphatic carbocycles. The van der Waals surface area contributed by atoms with E-state index >= 15 is 0 Å². The van der Waals surface area contributed by atoms with Gasteiger partial charge in [-0.3, -0.25) is 4.79 Å². The summed E-state index contributed by atoms with van der Waals surface area (Å²) in [6.45, 7) is 1.86. The molecule has 106 valence electrons. The molecule has 2 aromatic rings. The summed E-state index contributed by atoms with van der Waals surface area (Å²) in [6.07, 6.45) is 0.252. The van der Waals surface area contributed by atoms with E-state index in [9.17, 15) is 13.6 Å². The number of hydrogen-bond donors (Lipinski definition) is 1. The van der Waals surface area contributed by atoms with Crippen molar-refractivity contribution in [3.8, 4) is 0 Å². The van der Waals surface area contributed by atoms with Crippen molar-refractivity contribution in [2.24, 2.45) is 0 Å². The summed E-state index contributed by atoms with van der Waals surface area (Å²) in [7, 11) is 0. The molecule has 0 saturated heterocycles. The zero-order chi connectivity index (χ0) is 14.5. The lowest BCUT2D eigenvalue weighted by molar-refractivity contribution is -0.115. The monoisotopic (exact) mass is 315 g/mol. The lowest BCUT2D eigenvalue weighted by atomic mass is 10.3. The van der Waals surface area contributed by atoms with Crippen LogP contribution in [-0.4, -0.2) is 21.9 Å². The number of thioether (sulfide) groups is 1. The van der Waals surface area contributed by atoms with Crippen LogP contribution in [0.25, 0.3) is 0 Å². The minimum absolute atomic E-state index is 0.241. The number of hydrogen-bond acceptors (Lipinski definition) is 5. The predicted molar refractivity (Wildman–Crippen MR) is 75.0 cm³/mol. The Morgan fingerprint density at radius 2 is 2.15 bits per heavy atom.